The van der Waals surface area contributed by atoms with Crippen molar-refractivity contribution >= 4 is 65.4 Å². The van der Waals surface area contributed by atoms with E-state index in [9.17, 15) is 5.26 Å². The summed E-state index contributed by atoms with van der Waals surface area (Å²) in [5, 5.41) is 17.6. The van der Waals surface area contributed by atoms with Gasteiger partial charge in [0.1, 0.15) is 0 Å². The molecule has 0 N–H and O–H groups in total. The fraction of sp³-hybridized carbons (Fsp3) is 0.0204. The molecule has 54 heavy (non-hydrogen) atoms. The highest BCUT2D eigenvalue weighted by Gasteiger charge is 2.21. The van der Waals surface area contributed by atoms with E-state index in [1.165, 1.54) is 43.6 Å². The second kappa shape index (κ2) is 11.5. The van der Waals surface area contributed by atoms with Crippen LogP contribution in [0.15, 0.2) is 170 Å². The highest BCUT2D eigenvalue weighted by atomic mass is 15.0. The summed E-state index contributed by atoms with van der Waals surface area (Å²) in [7, 11) is 0. The molecule has 0 radical (unpaired) electrons. The number of hydrogen-bond donors (Lipinski definition) is 0. The lowest BCUT2D eigenvalue weighted by molar-refractivity contribution is 1.13. The summed E-state index contributed by atoms with van der Waals surface area (Å²) >= 11 is 0. The van der Waals surface area contributed by atoms with Crippen molar-refractivity contribution in [1.29, 1.82) is 5.26 Å². The maximum atomic E-state index is 10.3. The lowest BCUT2D eigenvalue weighted by Gasteiger charge is -2.16. The van der Waals surface area contributed by atoms with Gasteiger partial charge in [0.25, 0.3) is 0 Å². The van der Waals surface area contributed by atoms with E-state index in [1.807, 2.05) is 18.2 Å². The Labute approximate surface area is 310 Å². The molecule has 11 rings (SSSR count). The molecule has 0 atom stereocenters. The van der Waals surface area contributed by atoms with Crippen molar-refractivity contribution in [3.63, 3.8) is 0 Å². The Morgan fingerprint density at radius 2 is 0.870 bits per heavy atom. The minimum absolute atomic E-state index is 0.639. The van der Waals surface area contributed by atoms with Crippen LogP contribution in [0.3, 0.4) is 0 Å². The van der Waals surface area contributed by atoms with Crippen molar-refractivity contribution in [3.05, 3.63) is 181 Å². The molecule has 5 nitrogen and oxygen atoms in total. The molecule has 0 aliphatic carbocycles. The van der Waals surface area contributed by atoms with E-state index in [2.05, 4.69) is 171 Å². The maximum absolute atomic E-state index is 10.3. The smallest absolute Gasteiger partial charge is 0.0998 e. The van der Waals surface area contributed by atoms with Gasteiger partial charge in [-0.1, -0.05) is 84.9 Å². The molecule has 0 bridgehead atoms. The zero-order valence-corrected chi connectivity index (χ0v) is 29.4. The highest BCUT2D eigenvalue weighted by Crippen LogP contribution is 2.40. The van der Waals surface area contributed by atoms with Gasteiger partial charge in [0.05, 0.1) is 44.7 Å². The van der Waals surface area contributed by atoms with Crippen molar-refractivity contribution < 1.29 is 0 Å². The molecule has 4 heterocycles. The van der Waals surface area contributed by atoms with Crippen LogP contribution in [0.2, 0.25) is 0 Å². The molecule has 0 aliphatic rings. The number of pyridine rings is 1. The van der Waals surface area contributed by atoms with E-state index < -0.39 is 0 Å². The minimum Gasteiger partial charge on any atom is -0.309 e. The van der Waals surface area contributed by atoms with Crippen molar-refractivity contribution in [1.82, 2.24) is 18.7 Å². The Morgan fingerprint density at radius 3 is 1.31 bits per heavy atom. The normalized spacial score (nSPS) is 11.8. The largest absolute Gasteiger partial charge is 0.309 e. The fourth-order valence-corrected chi connectivity index (χ4v) is 8.73. The highest BCUT2D eigenvalue weighted by molar-refractivity contribution is 6.13. The number of aromatic nitrogens is 4. The fourth-order valence-electron chi connectivity index (χ4n) is 8.73. The van der Waals surface area contributed by atoms with E-state index in [1.54, 1.807) is 12.4 Å². The Kier molecular flexibility index (Phi) is 6.46. The van der Waals surface area contributed by atoms with Crippen LogP contribution in [0.4, 0.5) is 0 Å². The van der Waals surface area contributed by atoms with Gasteiger partial charge in [-0.25, -0.2) is 0 Å². The first-order chi connectivity index (χ1) is 26.7. The zero-order chi connectivity index (χ0) is 35.9. The summed E-state index contributed by atoms with van der Waals surface area (Å²) in [5.74, 6) is 0. The van der Waals surface area contributed by atoms with E-state index in [0.29, 0.717) is 5.56 Å². The third kappa shape index (κ3) is 4.28. The Morgan fingerprint density at radius 1 is 0.444 bits per heavy atom. The van der Waals surface area contributed by atoms with E-state index in [-0.39, 0.29) is 0 Å². The standard InChI is InChI=1S/C49H31N5/c1-31-26-33(30-50)42(32-22-24-51-25-23-32)29-47(31)54-48-27-34(52-43-14-6-2-10-36(43)37-11-3-7-15-44(37)52)18-20-40(48)41-21-19-35(28-49(41)54)53-45-16-8-4-12-38(45)39-13-5-9-17-46(39)53/h2-29H,1H3. The number of aryl methyl sites for hydroxylation is 1. The molecule has 0 spiro atoms. The number of nitrogens with zero attached hydrogens (tertiary/aromatic N) is 5. The minimum atomic E-state index is 0.639. The second-order valence-electron chi connectivity index (χ2n) is 14.0. The van der Waals surface area contributed by atoms with Crippen LogP contribution in [-0.2, 0) is 0 Å². The van der Waals surface area contributed by atoms with Crippen molar-refractivity contribution in [2.75, 3.05) is 0 Å². The average molecular weight is 690 g/mol. The molecular weight excluding hydrogens is 659 g/mol. The van der Waals surface area contributed by atoms with Crippen molar-refractivity contribution in [3.8, 4) is 34.3 Å². The Bertz CT molecular complexity index is 3080. The van der Waals surface area contributed by atoms with Crippen LogP contribution < -0.4 is 0 Å². The lowest BCUT2D eigenvalue weighted by Crippen LogP contribution is -2.01. The van der Waals surface area contributed by atoms with Crippen LogP contribution in [0.5, 0.6) is 0 Å². The summed E-state index contributed by atoms with van der Waals surface area (Å²) in [6.07, 6.45) is 3.57. The summed E-state index contributed by atoms with van der Waals surface area (Å²) < 4.78 is 7.16. The number of para-hydroxylation sites is 4. The Hall–Kier alpha value is -7.42. The van der Waals surface area contributed by atoms with Crippen LogP contribution in [-0.4, -0.2) is 18.7 Å². The van der Waals surface area contributed by atoms with Crippen molar-refractivity contribution in [2.24, 2.45) is 0 Å². The topological polar surface area (TPSA) is 51.5 Å². The molecule has 0 saturated carbocycles. The molecule has 5 heteroatoms. The van der Waals surface area contributed by atoms with E-state index in [4.69, 9.17) is 0 Å². The summed E-state index contributed by atoms with van der Waals surface area (Å²) in [5.41, 5.74) is 13.6. The van der Waals surface area contributed by atoms with Gasteiger partial charge in [0, 0.05) is 67.3 Å². The predicted octanol–water partition coefficient (Wildman–Crippen LogP) is 12.2. The SMILES string of the molecule is Cc1cc(C#N)c(-c2ccncc2)cc1-n1c2cc(-n3c4ccccc4c4ccccc43)ccc2c2ccc(-n3c4ccccc4c4ccccc43)cc21. The molecular formula is C49H31N5. The lowest BCUT2D eigenvalue weighted by atomic mass is 9.97. The van der Waals surface area contributed by atoms with E-state index >= 15 is 0 Å². The van der Waals surface area contributed by atoms with Gasteiger partial charge in [-0.3, -0.25) is 4.98 Å². The quantitative estimate of drug-likeness (QED) is 0.185. The number of rotatable bonds is 4. The monoisotopic (exact) mass is 689 g/mol. The summed E-state index contributed by atoms with van der Waals surface area (Å²) in [4.78, 5) is 4.26. The molecule has 0 saturated heterocycles. The number of nitriles is 1. The average Bonchev–Trinajstić information content (AvgIpc) is 3.86. The molecule has 0 aliphatic heterocycles. The number of benzene rings is 7. The third-order valence-electron chi connectivity index (χ3n) is 11.1. The first-order valence-electron chi connectivity index (χ1n) is 18.2. The predicted molar refractivity (Wildman–Crippen MR) is 222 cm³/mol. The summed E-state index contributed by atoms with van der Waals surface area (Å²) in [6.45, 7) is 2.11. The van der Waals surface area contributed by atoms with Gasteiger partial charge in [-0.2, -0.15) is 5.26 Å². The first-order valence-corrected chi connectivity index (χ1v) is 18.2. The number of hydrogen-bond acceptors (Lipinski definition) is 2. The van der Waals surface area contributed by atoms with Crippen molar-refractivity contribution in [2.45, 2.75) is 6.92 Å². The van der Waals surface area contributed by atoms with Crippen LogP contribution in [0.25, 0.3) is 93.6 Å². The van der Waals surface area contributed by atoms with Crippen LogP contribution in [0, 0.1) is 18.3 Å². The maximum Gasteiger partial charge on any atom is 0.0998 e. The molecule has 4 aromatic heterocycles. The Balaban J connectivity index is 1.26. The van der Waals surface area contributed by atoms with Gasteiger partial charge < -0.3 is 13.7 Å². The van der Waals surface area contributed by atoms with Gasteiger partial charge in [-0.15, -0.1) is 0 Å². The molecule has 0 amide bonds. The second-order valence-corrected chi connectivity index (χ2v) is 14.0. The van der Waals surface area contributed by atoms with Gasteiger partial charge >= 0.3 is 0 Å². The van der Waals surface area contributed by atoms with Gasteiger partial charge in [0.2, 0.25) is 0 Å². The zero-order valence-electron chi connectivity index (χ0n) is 29.4. The summed E-state index contributed by atoms with van der Waals surface area (Å²) in [6, 6.07) is 58.9. The number of fused-ring (bicyclic) bond motifs is 9. The molecule has 252 valence electrons. The first kappa shape index (κ1) is 30.2. The van der Waals surface area contributed by atoms with Crippen LogP contribution >= 0.6 is 0 Å². The molecule has 0 unspecified atom stereocenters. The van der Waals surface area contributed by atoms with E-state index in [0.717, 1.165) is 55.6 Å². The van der Waals surface area contributed by atoms with Gasteiger partial charge in [-0.05, 0) is 90.8 Å². The van der Waals surface area contributed by atoms with Crippen LogP contribution in [0.1, 0.15) is 11.1 Å². The molecule has 11 aromatic rings. The van der Waals surface area contributed by atoms with Gasteiger partial charge in [0.15, 0.2) is 0 Å². The molecule has 7 aromatic carbocycles. The molecule has 0 fully saturated rings. The third-order valence-corrected chi connectivity index (χ3v) is 11.1.